The van der Waals surface area contributed by atoms with E-state index in [2.05, 4.69) is 26.5 Å². The molecule has 1 amide bonds. The zero-order chi connectivity index (χ0) is 15.2. The molecule has 0 aliphatic heterocycles. The number of carbonyl (C=O) groups excluding carboxylic acids is 1. The quantitative estimate of drug-likeness (QED) is 0.495. The van der Waals surface area contributed by atoms with E-state index in [4.69, 9.17) is 4.42 Å². The minimum absolute atomic E-state index is 0.296. The molecule has 0 aliphatic rings. The second-order valence-electron chi connectivity index (χ2n) is 3.64. The van der Waals surface area contributed by atoms with Gasteiger partial charge in [0.1, 0.15) is 10.7 Å². The van der Waals surface area contributed by atoms with Crippen molar-refractivity contribution in [3.05, 3.63) is 54.9 Å². The smallest absolute Gasteiger partial charge is 0.401 e. The average Bonchev–Trinajstić information content (AvgIpc) is 3.09. The standard InChI is InChI=1S/C12H8BrN3O4S/c13-8(6-9-3-4-11(20-9)16(18)19)7-14-15-12(17)10-2-1-5-21-10/h1-7H,(H,15,17). The minimum Gasteiger partial charge on any atom is -0.401 e. The number of rotatable bonds is 5. The van der Waals surface area contributed by atoms with Crippen LogP contribution >= 0.6 is 27.3 Å². The number of hydrogen-bond donors (Lipinski definition) is 1. The summed E-state index contributed by atoms with van der Waals surface area (Å²) in [5.41, 5.74) is 2.36. The molecule has 21 heavy (non-hydrogen) atoms. The number of thiophene rings is 1. The molecule has 0 bridgehead atoms. The van der Waals surface area contributed by atoms with Crippen LogP contribution in [0.25, 0.3) is 6.08 Å². The number of allylic oxidation sites excluding steroid dienone is 1. The van der Waals surface area contributed by atoms with Crippen molar-refractivity contribution in [3.63, 3.8) is 0 Å². The number of hydrogen-bond acceptors (Lipinski definition) is 6. The van der Waals surface area contributed by atoms with Crippen molar-refractivity contribution in [2.75, 3.05) is 0 Å². The third-order valence-corrected chi connectivity index (χ3v) is 3.47. The fourth-order valence-corrected chi connectivity index (χ4v) is 2.25. The van der Waals surface area contributed by atoms with Gasteiger partial charge in [0.05, 0.1) is 17.2 Å². The van der Waals surface area contributed by atoms with E-state index in [9.17, 15) is 14.9 Å². The van der Waals surface area contributed by atoms with Crippen LogP contribution in [-0.4, -0.2) is 17.0 Å². The van der Waals surface area contributed by atoms with Gasteiger partial charge in [0.25, 0.3) is 5.91 Å². The lowest BCUT2D eigenvalue weighted by atomic mass is 10.4. The van der Waals surface area contributed by atoms with Crippen LogP contribution in [0.1, 0.15) is 15.4 Å². The maximum absolute atomic E-state index is 11.6. The lowest BCUT2D eigenvalue weighted by Crippen LogP contribution is -2.15. The van der Waals surface area contributed by atoms with Crippen LogP contribution in [0.4, 0.5) is 5.88 Å². The molecule has 0 aromatic carbocycles. The highest BCUT2D eigenvalue weighted by atomic mass is 79.9. The summed E-state index contributed by atoms with van der Waals surface area (Å²) in [4.78, 5) is 22.0. The number of furan rings is 1. The Balaban J connectivity index is 1.95. The normalized spacial score (nSPS) is 11.8. The van der Waals surface area contributed by atoms with Gasteiger partial charge < -0.3 is 4.42 Å². The predicted molar refractivity (Wildman–Crippen MR) is 82.5 cm³/mol. The zero-order valence-corrected chi connectivity index (χ0v) is 12.8. The number of nitrogens with zero attached hydrogens (tertiary/aromatic N) is 2. The number of hydrazone groups is 1. The van der Waals surface area contributed by atoms with Gasteiger partial charge in [-0.1, -0.05) is 6.07 Å². The van der Waals surface area contributed by atoms with Crippen LogP contribution in [0.15, 0.2) is 43.6 Å². The van der Waals surface area contributed by atoms with Gasteiger partial charge >= 0.3 is 5.88 Å². The molecule has 0 saturated carbocycles. The van der Waals surface area contributed by atoms with E-state index in [1.54, 1.807) is 17.5 Å². The maximum atomic E-state index is 11.6. The molecule has 7 nitrogen and oxygen atoms in total. The Morgan fingerprint density at radius 2 is 2.29 bits per heavy atom. The molecule has 2 heterocycles. The fourth-order valence-electron chi connectivity index (χ4n) is 1.31. The molecule has 108 valence electrons. The molecule has 1 N–H and O–H groups in total. The molecule has 0 radical (unpaired) electrons. The zero-order valence-electron chi connectivity index (χ0n) is 10.4. The van der Waals surface area contributed by atoms with Crippen molar-refractivity contribution < 1.29 is 14.1 Å². The van der Waals surface area contributed by atoms with Gasteiger partial charge in [0.15, 0.2) is 0 Å². The van der Waals surface area contributed by atoms with E-state index in [-0.39, 0.29) is 11.8 Å². The van der Waals surface area contributed by atoms with Gasteiger partial charge in [-0.25, -0.2) is 5.43 Å². The van der Waals surface area contributed by atoms with E-state index >= 15 is 0 Å². The monoisotopic (exact) mass is 369 g/mol. The topological polar surface area (TPSA) is 97.7 Å². The van der Waals surface area contributed by atoms with Crippen molar-refractivity contribution in [2.24, 2.45) is 5.10 Å². The molecular formula is C12H8BrN3O4S. The van der Waals surface area contributed by atoms with Gasteiger partial charge in [-0.3, -0.25) is 14.9 Å². The molecular weight excluding hydrogens is 362 g/mol. The highest BCUT2D eigenvalue weighted by molar-refractivity contribution is 9.12. The van der Waals surface area contributed by atoms with Crippen LogP contribution in [0.5, 0.6) is 0 Å². The number of nitro groups is 1. The number of nitrogens with one attached hydrogen (secondary N) is 1. The predicted octanol–water partition coefficient (Wildman–Crippen LogP) is 3.40. The first-order chi connectivity index (χ1) is 10.1. The van der Waals surface area contributed by atoms with Crippen molar-refractivity contribution in [1.82, 2.24) is 5.43 Å². The maximum Gasteiger partial charge on any atom is 0.433 e. The summed E-state index contributed by atoms with van der Waals surface area (Å²) < 4.78 is 5.43. The van der Waals surface area contributed by atoms with E-state index in [0.29, 0.717) is 15.1 Å². The number of halogens is 1. The van der Waals surface area contributed by atoms with E-state index in [0.717, 1.165) is 0 Å². The van der Waals surface area contributed by atoms with Crippen LogP contribution < -0.4 is 5.43 Å². The highest BCUT2D eigenvalue weighted by Crippen LogP contribution is 2.19. The Morgan fingerprint density at radius 3 is 2.90 bits per heavy atom. The van der Waals surface area contributed by atoms with Gasteiger partial charge in [-0.2, -0.15) is 5.10 Å². The third kappa shape index (κ3) is 4.36. The highest BCUT2D eigenvalue weighted by Gasteiger charge is 2.10. The van der Waals surface area contributed by atoms with Crippen molar-refractivity contribution in [1.29, 1.82) is 0 Å². The van der Waals surface area contributed by atoms with Crippen LogP contribution in [-0.2, 0) is 0 Å². The van der Waals surface area contributed by atoms with Gasteiger partial charge in [0.2, 0.25) is 0 Å². The fraction of sp³-hybridized carbons (Fsp3) is 0. The Labute approximate surface area is 131 Å². The SMILES string of the molecule is O=C(NN=CC(Br)=Cc1ccc([N+](=O)[O-])o1)c1cccs1. The average molecular weight is 370 g/mol. The summed E-state index contributed by atoms with van der Waals surface area (Å²) in [6.07, 6.45) is 2.84. The first kappa shape index (κ1) is 15.1. The molecule has 0 unspecified atom stereocenters. The molecule has 2 aromatic rings. The third-order valence-electron chi connectivity index (χ3n) is 2.17. The summed E-state index contributed by atoms with van der Waals surface area (Å²) >= 11 is 4.50. The Bertz CT molecular complexity index is 706. The van der Waals surface area contributed by atoms with Crippen LogP contribution in [0, 0.1) is 10.1 Å². The van der Waals surface area contributed by atoms with E-state index in [1.807, 2.05) is 0 Å². The molecule has 0 saturated heterocycles. The molecule has 0 spiro atoms. The van der Waals surface area contributed by atoms with Gasteiger partial charge in [-0.05, 0) is 39.5 Å². The lowest BCUT2D eigenvalue weighted by Gasteiger charge is -1.94. The van der Waals surface area contributed by atoms with Crippen molar-refractivity contribution in [2.45, 2.75) is 0 Å². The molecule has 2 rings (SSSR count). The largest absolute Gasteiger partial charge is 0.433 e. The second kappa shape index (κ2) is 6.95. The van der Waals surface area contributed by atoms with E-state index < -0.39 is 4.92 Å². The Morgan fingerprint density at radius 1 is 1.48 bits per heavy atom. The summed E-state index contributed by atoms with van der Waals surface area (Å²) in [5.74, 6) is -0.357. The van der Waals surface area contributed by atoms with Crippen LogP contribution in [0.2, 0.25) is 0 Å². The molecule has 9 heteroatoms. The number of carbonyl (C=O) groups is 1. The van der Waals surface area contributed by atoms with Crippen LogP contribution in [0.3, 0.4) is 0 Å². The second-order valence-corrected chi connectivity index (χ2v) is 5.50. The molecule has 0 atom stereocenters. The first-order valence-corrected chi connectivity index (χ1v) is 7.22. The molecule has 2 aromatic heterocycles. The lowest BCUT2D eigenvalue weighted by molar-refractivity contribution is -0.402. The summed E-state index contributed by atoms with van der Waals surface area (Å²) in [7, 11) is 0. The molecule has 0 aliphatic carbocycles. The summed E-state index contributed by atoms with van der Waals surface area (Å²) in [6, 6.07) is 6.16. The Hall–Kier alpha value is -2.26. The first-order valence-electron chi connectivity index (χ1n) is 5.54. The summed E-state index contributed by atoms with van der Waals surface area (Å²) in [5, 5.41) is 16.0. The van der Waals surface area contributed by atoms with Crippen molar-refractivity contribution in [3.8, 4) is 0 Å². The van der Waals surface area contributed by atoms with Crippen molar-refractivity contribution >= 4 is 51.3 Å². The molecule has 0 fully saturated rings. The summed E-state index contributed by atoms with van der Waals surface area (Å²) in [6.45, 7) is 0. The van der Waals surface area contributed by atoms with Gasteiger partial charge in [0, 0.05) is 4.48 Å². The minimum atomic E-state index is -0.624. The Kier molecular flexibility index (Phi) is 5.01. The number of amides is 1. The van der Waals surface area contributed by atoms with E-state index in [1.165, 1.54) is 35.8 Å². The van der Waals surface area contributed by atoms with Gasteiger partial charge in [-0.15, -0.1) is 11.3 Å².